The molecule has 272 valence electrons. The van der Waals surface area contributed by atoms with Gasteiger partial charge < -0.3 is 42.9 Å². The zero-order chi connectivity index (χ0) is 32.9. The molecule has 0 radical (unpaired) electrons. The van der Waals surface area contributed by atoms with E-state index in [9.17, 15) is 0 Å². The van der Waals surface area contributed by atoms with Crippen LogP contribution in [-0.4, -0.2) is 61.3 Å². The van der Waals surface area contributed by atoms with Crippen LogP contribution in [0.4, 0.5) is 0 Å². The molecular weight excluding hydrogens is 668 g/mol. The van der Waals surface area contributed by atoms with Gasteiger partial charge in [0.2, 0.25) is 0 Å². The normalized spacial score (nSPS) is 12.5. The minimum absolute atomic E-state index is 0. The zero-order valence-corrected chi connectivity index (χ0v) is 36.8. The van der Waals surface area contributed by atoms with Crippen molar-refractivity contribution >= 4 is 0 Å². The van der Waals surface area contributed by atoms with E-state index < -0.39 is 0 Å². The van der Waals surface area contributed by atoms with Crippen molar-refractivity contribution in [1.29, 1.82) is 0 Å². The first-order valence-electron chi connectivity index (χ1n) is 19.0. The molecule has 0 aliphatic carbocycles. The molecule has 0 aliphatic heterocycles. The van der Waals surface area contributed by atoms with Gasteiger partial charge in [-0.15, -0.1) is 0 Å². The lowest BCUT2D eigenvalue weighted by molar-refractivity contribution is -0.930. The Hall–Kier alpha value is 0.880. The fourth-order valence-corrected chi connectivity index (χ4v) is 5.60. The summed E-state index contributed by atoms with van der Waals surface area (Å²) in [7, 11) is 0. The monoisotopic (exact) mass is 755 g/mol. The van der Waals surface area contributed by atoms with E-state index >= 15 is 0 Å². The van der Waals surface area contributed by atoms with Gasteiger partial charge in [-0.05, 0) is 98.7 Å². The lowest BCUT2D eigenvalue weighted by Crippen LogP contribution is -3.00. The van der Waals surface area contributed by atoms with Crippen molar-refractivity contribution in [1.82, 2.24) is 0 Å². The molecule has 0 spiro atoms. The number of quaternary nitrogens is 2. The molecular formula is C40H88Br2N2. The summed E-state index contributed by atoms with van der Waals surface area (Å²) in [5, 5.41) is 0. The second kappa shape index (κ2) is 28.9. The standard InChI is InChI=1S/2C20H44N.2BrH/c2*1-17(2)9-13-21(14-10-18(3)4,15-11-19(5)6)16-12-20(7)8;;/h2*17-20H,9-16H2,1-8H3;2*1H/q2*+1;;/p-2. The van der Waals surface area contributed by atoms with E-state index in [1.807, 2.05) is 0 Å². The summed E-state index contributed by atoms with van der Waals surface area (Å²) >= 11 is 0. The lowest BCUT2D eigenvalue weighted by Gasteiger charge is -2.41. The molecule has 0 unspecified atom stereocenters. The highest BCUT2D eigenvalue weighted by Gasteiger charge is 2.29. The molecule has 0 aromatic carbocycles. The fraction of sp³-hybridized carbons (Fsp3) is 1.00. The van der Waals surface area contributed by atoms with E-state index in [2.05, 4.69) is 111 Å². The first-order chi connectivity index (χ1) is 19.3. The smallest absolute Gasteiger partial charge is 0.0789 e. The predicted octanol–water partition coefficient (Wildman–Crippen LogP) is 5.98. The highest BCUT2D eigenvalue weighted by molar-refractivity contribution is 4.58. The molecule has 4 heteroatoms. The van der Waals surface area contributed by atoms with Crippen LogP contribution in [0.2, 0.25) is 0 Å². The average Bonchev–Trinajstić information content (AvgIpc) is 2.86. The largest absolute Gasteiger partial charge is 1.00 e. The summed E-state index contributed by atoms with van der Waals surface area (Å²) in [5.41, 5.74) is 0. The molecule has 0 rings (SSSR count). The maximum atomic E-state index is 2.38. The lowest BCUT2D eigenvalue weighted by atomic mass is 10.0. The first-order valence-corrected chi connectivity index (χ1v) is 19.0. The van der Waals surface area contributed by atoms with Crippen molar-refractivity contribution in [2.45, 2.75) is 162 Å². The van der Waals surface area contributed by atoms with Gasteiger partial charge in [0.15, 0.2) is 0 Å². The summed E-state index contributed by atoms with van der Waals surface area (Å²) in [4.78, 5) is 0. The fourth-order valence-electron chi connectivity index (χ4n) is 5.60. The van der Waals surface area contributed by atoms with Crippen molar-refractivity contribution in [2.24, 2.45) is 47.3 Å². The molecule has 44 heavy (non-hydrogen) atoms. The van der Waals surface area contributed by atoms with Crippen LogP contribution < -0.4 is 34.0 Å². The van der Waals surface area contributed by atoms with Gasteiger partial charge in [-0.1, -0.05) is 111 Å². The molecule has 0 saturated carbocycles. The highest BCUT2D eigenvalue weighted by Crippen LogP contribution is 2.22. The van der Waals surface area contributed by atoms with Crippen molar-refractivity contribution in [3.05, 3.63) is 0 Å². The summed E-state index contributed by atoms with van der Waals surface area (Å²) in [6.07, 6.45) is 11.1. The zero-order valence-electron chi connectivity index (χ0n) is 33.6. The number of rotatable bonds is 24. The molecule has 0 saturated heterocycles. The third-order valence-electron chi connectivity index (χ3n) is 9.45. The summed E-state index contributed by atoms with van der Waals surface area (Å²) in [6.45, 7) is 49.2. The minimum Gasteiger partial charge on any atom is -1.00 e. The van der Waals surface area contributed by atoms with E-state index in [4.69, 9.17) is 0 Å². The molecule has 0 aromatic rings. The summed E-state index contributed by atoms with van der Waals surface area (Å²) < 4.78 is 2.76. The molecule has 0 aromatic heterocycles. The van der Waals surface area contributed by atoms with Gasteiger partial charge in [0.1, 0.15) is 0 Å². The topological polar surface area (TPSA) is 0 Å². The Morgan fingerprint density at radius 1 is 0.227 bits per heavy atom. The Balaban J connectivity index is -0.000000348. The van der Waals surface area contributed by atoms with Gasteiger partial charge in [0, 0.05) is 0 Å². The van der Waals surface area contributed by atoms with Crippen molar-refractivity contribution in [3.63, 3.8) is 0 Å². The van der Waals surface area contributed by atoms with Crippen LogP contribution in [0.25, 0.3) is 0 Å². The van der Waals surface area contributed by atoms with Gasteiger partial charge >= 0.3 is 0 Å². The van der Waals surface area contributed by atoms with Crippen LogP contribution in [-0.2, 0) is 0 Å². The number of hydrogen-bond donors (Lipinski definition) is 0. The van der Waals surface area contributed by atoms with E-state index in [1.54, 1.807) is 0 Å². The number of hydrogen-bond acceptors (Lipinski definition) is 0. The van der Waals surface area contributed by atoms with Crippen LogP contribution in [0.5, 0.6) is 0 Å². The Bertz CT molecular complexity index is 437. The van der Waals surface area contributed by atoms with Crippen LogP contribution in [0.1, 0.15) is 162 Å². The Morgan fingerprint density at radius 2 is 0.318 bits per heavy atom. The molecule has 0 fully saturated rings. The minimum atomic E-state index is 0. The first kappa shape index (κ1) is 51.7. The maximum absolute atomic E-state index is 2.38. The van der Waals surface area contributed by atoms with E-state index in [-0.39, 0.29) is 34.0 Å². The molecule has 2 nitrogen and oxygen atoms in total. The summed E-state index contributed by atoms with van der Waals surface area (Å²) in [5.74, 6) is 6.66. The van der Waals surface area contributed by atoms with Gasteiger partial charge in [-0.3, -0.25) is 0 Å². The van der Waals surface area contributed by atoms with Gasteiger partial charge in [-0.25, -0.2) is 0 Å². The third kappa shape index (κ3) is 31.5. The molecule has 0 amide bonds. The van der Waals surface area contributed by atoms with E-state index in [0.717, 1.165) is 47.3 Å². The van der Waals surface area contributed by atoms with Gasteiger partial charge in [0.05, 0.1) is 52.4 Å². The van der Waals surface area contributed by atoms with Crippen LogP contribution in [0.3, 0.4) is 0 Å². The highest BCUT2D eigenvalue weighted by atomic mass is 79.9. The van der Waals surface area contributed by atoms with Crippen molar-refractivity contribution < 1.29 is 42.9 Å². The molecule has 0 atom stereocenters. The second-order valence-corrected chi connectivity index (χ2v) is 17.9. The SMILES string of the molecule is CC(C)CC[N+](CCC(C)C)(CCC(C)C)CCC(C)C.CC(C)CC[N+](CCC(C)C)(CCC(C)C)CCC(C)C.[Br-].[Br-]. The Kier molecular flexibility index (Phi) is 33.9. The quantitative estimate of drug-likeness (QED) is 0.106. The van der Waals surface area contributed by atoms with Crippen LogP contribution in [0.15, 0.2) is 0 Å². The summed E-state index contributed by atoms with van der Waals surface area (Å²) in [6, 6.07) is 0. The second-order valence-electron chi connectivity index (χ2n) is 17.9. The maximum Gasteiger partial charge on any atom is 0.0789 e. The van der Waals surface area contributed by atoms with Crippen LogP contribution >= 0.6 is 0 Å². The molecule has 0 N–H and O–H groups in total. The number of halogens is 2. The van der Waals surface area contributed by atoms with Crippen molar-refractivity contribution in [3.8, 4) is 0 Å². The average molecular weight is 757 g/mol. The molecule has 0 aliphatic rings. The predicted molar refractivity (Wildman–Crippen MR) is 195 cm³/mol. The third-order valence-corrected chi connectivity index (χ3v) is 9.45. The van der Waals surface area contributed by atoms with E-state index in [0.29, 0.717) is 0 Å². The van der Waals surface area contributed by atoms with Gasteiger partial charge in [0.25, 0.3) is 0 Å². The Morgan fingerprint density at radius 3 is 0.386 bits per heavy atom. The van der Waals surface area contributed by atoms with E-state index in [1.165, 1.54) is 113 Å². The molecule has 0 heterocycles. The van der Waals surface area contributed by atoms with Gasteiger partial charge in [-0.2, -0.15) is 0 Å². The number of nitrogens with zero attached hydrogens (tertiary/aromatic N) is 2. The Labute approximate surface area is 303 Å². The van der Waals surface area contributed by atoms with Crippen LogP contribution in [0, 0.1) is 47.3 Å². The molecule has 0 bridgehead atoms. The van der Waals surface area contributed by atoms with Crippen molar-refractivity contribution in [2.75, 3.05) is 52.4 Å².